The molecule has 29 heavy (non-hydrogen) atoms. The molecule has 0 aliphatic heterocycles. The second-order valence-corrected chi connectivity index (χ2v) is 7.21. The van der Waals surface area contributed by atoms with Crippen molar-refractivity contribution in [3.8, 4) is 5.75 Å². The SMILES string of the molecule is C.C.O=C(O)[C@@H](c1ccc(OCc2ccc3ccccc3n2)cc1)C1CCCC1. The Labute approximate surface area is 173 Å². The van der Waals surface area contributed by atoms with E-state index in [-0.39, 0.29) is 20.8 Å². The minimum absolute atomic E-state index is 0. The van der Waals surface area contributed by atoms with Crippen molar-refractivity contribution in [1.82, 2.24) is 4.98 Å². The Morgan fingerprint density at radius 3 is 2.38 bits per heavy atom. The molecule has 4 nitrogen and oxygen atoms in total. The molecule has 1 aromatic heterocycles. The fourth-order valence-corrected chi connectivity index (χ4v) is 4.02. The molecular weight excluding hydrogens is 362 g/mol. The predicted molar refractivity (Wildman–Crippen MR) is 118 cm³/mol. The van der Waals surface area contributed by atoms with E-state index in [1.807, 2.05) is 60.7 Å². The van der Waals surface area contributed by atoms with Gasteiger partial charge in [-0.1, -0.05) is 64.1 Å². The Morgan fingerprint density at radius 2 is 1.69 bits per heavy atom. The van der Waals surface area contributed by atoms with Crippen LogP contribution in [0.5, 0.6) is 5.75 Å². The topological polar surface area (TPSA) is 59.4 Å². The largest absolute Gasteiger partial charge is 0.487 e. The average molecular weight is 394 g/mol. The van der Waals surface area contributed by atoms with Gasteiger partial charge in [-0.3, -0.25) is 4.79 Å². The van der Waals surface area contributed by atoms with Gasteiger partial charge in [0.2, 0.25) is 0 Å². The van der Waals surface area contributed by atoms with Crippen LogP contribution >= 0.6 is 0 Å². The number of fused-ring (bicyclic) bond motifs is 1. The van der Waals surface area contributed by atoms with E-state index in [0.29, 0.717) is 6.61 Å². The van der Waals surface area contributed by atoms with Crippen LogP contribution in [0.4, 0.5) is 0 Å². The summed E-state index contributed by atoms with van der Waals surface area (Å²) in [7, 11) is 0. The molecule has 1 saturated carbocycles. The maximum Gasteiger partial charge on any atom is 0.311 e. The van der Waals surface area contributed by atoms with Crippen LogP contribution in [0.3, 0.4) is 0 Å². The third-order valence-corrected chi connectivity index (χ3v) is 5.42. The van der Waals surface area contributed by atoms with Gasteiger partial charge in [0.1, 0.15) is 12.4 Å². The van der Waals surface area contributed by atoms with Gasteiger partial charge in [0.15, 0.2) is 0 Å². The Balaban J connectivity index is 0.00000150. The smallest absolute Gasteiger partial charge is 0.311 e. The van der Waals surface area contributed by atoms with E-state index < -0.39 is 11.9 Å². The van der Waals surface area contributed by atoms with E-state index in [1.165, 1.54) is 0 Å². The van der Waals surface area contributed by atoms with Crippen LogP contribution < -0.4 is 4.74 Å². The normalized spacial score (nSPS) is 14.6. The first-order chi connectivity index (χ1) is 13.2. The van der Waals surface area contributed by atoms with Gasteiger partial charge >= 0.3 is 5.97 Å². The van der Waals surface area contributed by atoms with Crippen molar-refractivity contribution in [2.75, 3.05) is 0 Å². The molecule has 1 aliphatic rings. The lowest BCUT2D eigenvalue weighted by molar-refractivity contribution is -0.140. The van der Waals surface area contributed by atoms with Crippen molar-refractivity contribution >= 4 is 16.9 Å². The number of hydrogen-bond acceptors (Lipinski definition) is 3. The van der Waals surface area contributed by atoms with Crippen molar-refractivity contribution in [3.05, 3.63) is 71.9 Å². The zero-order chi connectivity index (χ0) is 18.6. The molecule has 0 amide bonds. The molecule has 1 aliphatic carbocycles. The van der Waals surface area contributed by atoms with Crippen LogP contribution in [0.15, 0.2) is 60.7 Å². The van der Waals surface area contributed by atoms with Crippen LogP contribution in [0.2, 0.25) is 0 Å². The number of hydrogen-bond donors (Lipinski definition) is 1. The molecular formula is C25H31NO3. The number of carboxylic acids is 1. The maximum atomic E-state index is 11.8. The molecule has 2 aromatic carbocycles. The highest BCUT2D eigenvalue weighted by atomic mass is 16.5. The van der Waals surface area contributed by atoms with Crippen molar-refractivity contribution in [2.24, 2.45) is 5.92 Å². The summed E-state index contributed by atoms with van der Waals surface area (Å²) in [5.41, 5.74) is 2.69. The van der Waals surface area contributed by atoms with Gasteiger partial charge in [0, 0.05) is 5.39 Å². The van der Waals surface area contributed by atoms with Crippen LogP contribution in [-0.2, 0) is 11.4 Å². The molecule has 0 radical (unpaired) electrons. The van der Waals surface area contributed by atoms with E-state index in [9.17, 15) is 9.90 Å². The van der Waals surface area contributed by atoms with Gasteiger partial charge in [-0.25, -0.2) is 4.98 Å². The van der Waals surface area contributed by atoms with Crippen LogP contribution in [0.25, 0.3) is 10.9 Å². The van der Waals surface area contributed by atoms with Crippen molar-refractivity contribution in [2.45, 2.75) is 53.1 Å². The Hall–Kier alpha value is -2.88. The second-order valence-electron chi connectivity index (χ2n) is 7.21. The standard InChI is InChI=1S/C23H23NO3.2CH4/c25-23(26)22(17-6-1-2-7-17)18-10-13-20(14-11-18)27-15-19-12-9-16-5-3-4-8-21(16)24-19;;/h3-5,8-14,17,22H,1-2,6-7,15H2,(H,25,26);2*1H4/t22-;;/m1../s1. The molecule has 1 atom stereocenters. The Kier molecular flexibility index (Phi) is 7.77. The summed E-state index contributed by atoms with van der Waals surface area (Å²) in [6.07, 6.45) is 4.27. The number of pyridine rings is 1. The van der Waals surface area contributed by atoms with Crippen LogP contribution in [0, 0.1) is 5.92 Å². The molecule has 0 unspecified atom stereocenters. The molecule has 0 saturated heterocycles. The quantitative estimate of drug-likeness (QED) is 0.523. The summed E-state index contributed by atoms with van der Waals surface area (Å²) in [6, 6.07) is 19.5. The van der Waals surface area contributed by atoms with Gasteiger partial charge in [0.05, 0.1) is 17.1 Å². The van der Waals surface area contributed by atoms with E-state index >= 15 is 0 Å². The fourth-order valence-electron chi connectivity index (χ4n) is 4.02. The molecule has 1 fully saturated rings. The minimum atomic E-state index is -0.726. The van der Waals surface area contributed by atoms with E-state index in [0.717, 1.165) is 53.6 Å². The highest BCUT2D eigenvalue weighted by Crippen LogP contribution is 2.38. The van der Waals surface area contributed by atoms with E-state index in [4.69, 9.17) is 4.74 Å². The number of aliphatic carboxylic acids is 1. The van der Waals surface area contributed by atoms with Gasteiger partial charge in [0.25, 0.3) is 0 Å². The zero-order valence-corrected chi connectivity index (χ0v) is 15.2. The van der Waals surface area contributed by atoms with Gasteiger partial charge in [-0.2, -0.15) is 0 Å². The van der Waals surface area contributed by atoms with Crippen molar-refractivity contribution in [3.63, 3.8) is 0 Å². The average Bonchev–Trinajstić information content (AvgIpc) is 3.21. The summed E-state index contributed by atoms with van der Waals surface area (Å²) in [4.78, 5) is 16.4. The first kappa shape index (κ1) is 22.4. The summed E-state index contributed by atoms with van der Waals surface area (Å²) in [5.74, 6) is -0.167. The maximum absolute atomic E-state index is 11.8. The fraction of sp³-hybridized carbons (Fsp3) is 0.360. The first-order valence-corrected chi connectivity index (χ1v) is 9.51. The van der Waals surface area contributed by atoms with Gasteiger partial charge < -0.3 is 9.84 Å². The number of carbonyl (C=O) groups is 1. The lowest BCUT2D eigenvalue weighted by atomic mass is 9.85. The first-order valence-electron chi connectivity index (χ1n) is 9.51. The Bertz CT molecular complexity index is 930. The lowest BCUT2D eigenvalue weighted by Crippen LogP contribution is -2.19. The summed E-state index contributed by atoms with van der Waals surface area (Å²) >= 11 is 0. The highest BCUT2D eigenvalue weighted by molar-refractivity contribution is 5.78. The summed E-state index contributed by atoms with van der Waals surface area (Å²) in [5, 5.41) is 10.8. The van der Waals surface area contributed by atoms with Gasteiger partial charge in [-0.05, 0) is 48.6 Å². The molecule has 154 valence electrons. The monoisotopic (exact) mass is 393 g/mol. The molecule has 4 rings (SSSR count). The Morgan fingerprint density at radius 1 is 1.00 bits per heavy atom. The highest BCUT2D eigenvalue weighted by Gasteiger charge is 2.31. The third kappa shape index (κ3) is 5.14. The van der Waals surface area contributed by atoms with E-state index in [1.54, 1.807) is 0 Å². The number of carboxylic acid groups (broad SMARTS) is 1. The molecule has 4 heteroatoms. The molecule has 3 aromatic rings. The van der Waals surface area contributed by atoms with Gasteiger partial charge in [-0.15, -0.1) is 0 Å². The molecule has 0 spiro atoms. The molecule has 1 N–H and O–H groups in total. The number of nitrogens with zero attached hydrogens (tertiary/aromatic N) is 1. The molecule has 0 bridgehead atoms. The number of rotatable bonds is 6. The van der Waals surface area contributed by atoms with Crippen molar-refractivity contribution in [1.29, 1.82) is 0 Å². The number of ether oxygens (including phenoxy) is 1. The third-order valence-electron chi connectivity index (χ3n) is 5.42. The molecule has 1 heterocycles. The summed E-state index contributed by atoms with van der Waals surface area (Å²) in [6.45, 7) is 0.384. The summed E-state index contributed by atoms with van der Waals surface area (Å²) < 4.78 is 5.85. The van der Waals surface area contributed by atoms with E-state index in [2.05, 4.69) is 4.98 Å². The minimum Gasteiger partial charge on any atom is -0.487 e. The number of aromatic nitrogens is 1. The van der Waals surface area contributed by atoms with Crippen LogP contribution in [0.1, 0.15) is 57.7 Å². The predicted octanol–water partition coefficient (Wildman–Crippen LogP) is 6.44. The number of benzene rings is 2. The second kappa shape index (κ2) is 10.1. The zero-order valence-electron chi connectivity index (χ0n) is 15.2. The lowest BCUT2D eigenvalue weighted by Gasteiger charge is -2.19. The number of para-hydroxylation sites is 1. The van der Waals surface area contributed by atoms with Crippen LogP contribution in [-0.4, -0.2) is 16.1 Å². The van der Waals surface area contributed by atoms with Crippen molar-refractivity contribution < 1.29 is 14.6 Å².